The van der Waals surface area contributed by atoms with Crippen LogP contribution in [0.3, 0.4) is 0 Å². The number of nitrogens with two attached hydrogens (primary N) is 1. The highest BCUT2D eigenvalue weighted by Crippen LogP contribution is 2.27. The van der Waals surface area contributed by atoms with Crippen molar-refractivity contribution < 1.29 is 13.9 Å². The fraction of sp³-hybridized carbons (Fsp3) is 0.591. The van der Waals surface area contributed by atoms with E-state index in [4.69, 9.17) is 14.9 Å². The summed E-state index contributed by atoms with van der Waals surface area (Å²) in [4.78, 5) is 41.7. The molecular weight excluding hydrogens is 400 g/mol. The van der Waals surface area contributed by atoms with Crippen molar-refractivity contribution in [3.63, 3.8) is 0 Å². The molecule has 0 radical (unpaired) electrons. The number of rotatable bonds is 9. The van der Waals surface area contributed by atoms with Crippen LogP contribution in [0.15, 0.2) is 32.4 Å². The summed E-state index contributed by atoms with van der Waals surface area (Å²) in [6, 6.07) is 3.41. The summed E-state index contributed by atoms with van der Waals surface area (Å²) in [5.41, 5.74) is 4.88. The number of furan rings is 1. The lowest BCUT2D eigenvalue weighted by atomic mass is 9.88. The second-order valence-electron chi connectivity index (χ2n) is 8.17. The maximum atomic E-state index is 13.2. The number of nitrogens with zero attached hydrogens (tertiary/aromatic N) is 2. The van der Waals surface area contributed by atoms with Gasteiger partial charge < -0.3 is 14.9 Å². The van der Waals surface area contributed by atoms with Crippen molar-refractivity contribution in [1.82, 2.24) is 9.55 Å². The Hall–Kier alpha value is -2.81. The first-order chi connectivity index (χ1) is 14.9. The summed E-state index contributed by atoms with van der Waals surface area (Å²) in [6.07, 6.45) is 7.30. The Labute approximate surface area is 181 Å². The van der Waals surface area contributed by atoms with E-state index in [0.29, 0.717) is 24.6 Å². The largest absolute Gasteiger partial charge is 0.467 e. The van der Waals surface area contributed by atoms with Crippen LogP contribution in [0.1, 0.15) is 58.1 Å². The zero-order valence-electron chi connectivity index (χ0n) is 18.3. The van der Waals surface area contributed by atoms with E-state index in [9.17, 15) is 14.4 Å². The topological polar surface area (TPSA) is 124 Å². The molecule has 2 aromatic rings. The van der Waals surface area contributed by atoms with E-state index in [0.717, 1.165) is 25.7 Å². The standard InChI is InChI=1S/C22H32N4O5/c1-3-4-11-25-20(23)19(21(28)24-22(25)29)26(13-16-9-7-12-30-16)18(27)14-31-17-10-6-5-8-15(17)2/h7,9,12,15,17H,3-6,8,10-11,13-14,23H2,1-2H3,(H,24,28,29). The Balaban J connectivity index is 1.90. The molecule has 2 unspecified atom stereocenters. The number of hydrogen-bond donors (Lipinski definition) is 2. The molecule has 0 spiro atoms. The van der Waals surface area contributed by atoms with Gasteiger partial charge in [-0.2, -0.15) is 0 Å². The number of nitrogen functional groups attached to an aromatic ring is 1. The number of nitrogens with one attached hydrogen (secondary N) is 1. The highest BCUT2D eigenvalue weighted by molar-refractivity contribution is 5.96. The number of carbonyl (C=O) groups is 1. The molecule has 31 heavy (non-hydrogen) atoms. The normalized spacial score (nSPS) is 18.8. The molecule has 9 nitrogen and oxygen atoms in total. The number of carbonyl (C=O) groups excluding carboxylic acids is 1. The first-order valence-electron chi connectivity index (χ1n) is 11.0. The van der Waals surface area contributed by atoms with Gasteiger partial charge in [-0.1, -0.05) is 33.1 Å². The molecule has 1 fully saturated rings. The summed E-state index contributed by atoms with van der Waals surface area (Å²) >= 11 is 0. The van der Waals surface area contributed by atoms with Gasteiger partial charge in [0.1, 0.15) is 18.2 Å². The molecule has 2 atom stereocenters. The van der Waals surface area contributed by atoms with Crippen LogP contribution in [0.2, 0.25) is 0 Å². The quantitative estimate of drug-likeness (QED) is 0.628. The number of unbranched alkanes of at least 4 members (excludes halogenated alkanes) is 1. The van der Waals surface area contributed by atoms with Gasteiger partial charge in [-0.25, -0.2) is 4.79 Å². The lowest BCUT2D eigenvalue weighted by Gasteiger charge is -2.30. The summed E-state index contributed by atoms with van der Waals surface area (Å²) in [6.45, 7) is 4.30. The fourth-order valence-corrected chi connectivity index (χ4v) is 4.01. The lowest BCUT2D eigenvalue weighted by Crippen LogP contribution is -2.43. The van der Waals surface area contributed by atoms with Crippen LogP contribution in [0.25, 0.3) is 0 Å². The molecule has 2 aromatic heterocycles. The second-order valence-corrected chi connectivity index (χ2v) is 8.17. The Kier molecular flexibility index (Phi) is 7.73. The zero-order valence-corrected chi connectivity index (χ0v) is 18.3. The number of hydrogen-bond acceptors (Lipinski definition) is 6. The van der Waals surface area contributed by atoms with E-state index >= 15 is 0 Å². The highest BCUT2D eigenvalue weighted by atomic mass is 16.5. The summed E-state index contributed by atoms with van der Waals surface area (Å²) in [5, 5.41) is 0. The van der Waals surface area contributed by atoms with Crippen LogP contribution in [0.4, 0.5) is 11.5 Å². The summed E-state index contributed by atoms with van der Waals surface area (Å²) in [5.74, 6) is 0.425. The van der Waals surface area contributed by atoms with Crippen LogP contribution in [-0.4, -0.2) is 28.2 Å². The molecule has 0 aromatic carbocycles. The van der Waals surface area contributed by atoms with Gasteiger partial charge >= 0.3 is 5.69 Å². The van der Waals surface area contributed by atoms with E-state index in [1.54, 1.807) is 12.1 Å². The molecular formula is C22H32N4O5. The highest BCUT2D eigenvalue weighted by Gasteiger charge is 2.28. The van der Waals surface area contributed by atoms with Gasteiger partial charge in [0.2, 0.25) is 0 Å². The van der Waals surface area contributed by atoms with Crippen molar-refractivity contribution >= 4 is 17.4 Å². The Morgan fingerprint density at radius 2 is 2.13 bits per heavy atom. The Bertz CT molecular complexity index is 979. The second kappa shape index (κ2) is 10.5. The molecule has 1 aliphatic rings. The van der Waals surface area contributed by atoms with Crippen molar-refractivity contribution in [2.45, 2.75) is 71.6 Å². The molecule has 1 aliphatic carbocycles. The van der Waals surface area contributed by atoms with E-state index in [2.05, 4.69) is 11.9 Å². The van der Waals surface area contributed by atoms with E-state index in [-0.39, 0.29) is 30.8 Å². The van der Waals surface area contributed by atoms with Crippen LogP contribution < -0.4 is 21.9 Å². The van der Waals surface area contributed by atoms with Crippen LogP contribution in [0.5, 0.6) is 0 Å². The summed E-state index contributed by atoms with van der Waals surface area (Å²) < 4.78 is 12.6. The minimum absolute atomic E-state index is 0.00861. The van der Waals surface area contributed by atoms with Crippen LogP contribution in [-0.2, 0) is 22.6 Å². The minimum atomic E-state index is -0.707. The molecule has 0 bridgehead atoms. The van der Waals surface area contributed by atoms with Crippen molar-refractivity contribution in [2.24, 2.45) is 5.92 Å². The lowest BCUT2D eigenvalue weighted by molar-refractivity contribution is -0.127. The third-order valence-corrected chi connectivity index (χ3v) is 5.87. The molecule has 3 rings (SSSR count). The van der Waals surface area contributed by atoms with Gasteiger partial charge in [0.15, 0.2) is 5.69 Å². The van der Waals surface area contributed by atoms with Crippen LogP contribution in [0, 0.1) is 5.92 Å². The SMILES string of the molecule is CCCCn1c(N)c(N(Cc2ccco2)C(=O)COC2CCCCC2C)c(=O)[nH]c1=O. The van der Waals surface area contributed by atoms with Gasteiger partial charge in [-0.15, -0.1) is 0 Å². The summed E-state index contributed by atoms with van der Waals surface area (Å²) in [7, 11) is 0. The monoisotopic (exact) mass is 432 g/mol. The average molecular weight is 433 g/mol. The molecule has 2 heterocycles. The van der Waals surface area contributed by atoms with Gasteiger partial charge in [0, 0.05) is 6.54 Å². The molecule has 3 N–H and O–H groups in total. The molecule has 1 amide bonds. The molecule has 170 valence electrons. The number of H-pyrrole nitrogens is 1. The van der Waals surface area contributed by atoms with E-state index in [1.165, 1.54) is 22.2 Å². The smallest absolute Gasteiger partial charge is 0.330 e. The maximum absolute atomic E-state index is 13.2. The molecule has 1 saturated carbocycles. The van der Waals surface area contributed by atoms with Gasteiger partial charge in [-0.3, -0.25) is 24.0 Å². The minimum Gasteiger partial charge on any atom is -0.467 e. The third-order valence-electron chi connectivity index (χ3n) is 5.87. The van der Waals surface area contributed by atoms with Crippen molar-refractivity contribution in [2.75, 3.05) is 17.2 Å². The number of ether oxygens (including phenoxy) is 1. The predicted molar refractivity (Wildman–Crippen MR) is 118 cm³/mol. The van der Waals surface area contributed by atoms with Crippen molar-refractivity contribution in [1.29, 1.82) is 0 Å². The predicted octanol–water partition coefficient (Wildman–Crippen LogP) is 2.64. The number of anilines is 2. The van der Waals surface area contributed by atoms with Gasteiger partial charge in [0.25, 0.3) is 11.5 Å². The number of aromatic amines is 1. The molecule has 0 aliphatic heterocycles. The Morgan fingerprint density at radius 1 is 1.35 bits per heavy atom. The van der Waals surface area contributed by atoms with E-state index in [1.807, 2.05) is 6.92 Å². The zero-order chi connectivity index (χ0) is 22.4. The number of aromatic nitrogens is 2. The van der Waals surface area contributed by atoms with Crippen LogP contribution >= 0.6 is 0 Å². The van der Waals surface area contributed by atoms with E-state index < -0.39 is 17.2 Å². The van der Waals surface area contributed by atoms with Gasteiger partial charge in [-0.05, 0) is 37.3 Å². The van der Waals surface area contributed by atoms with Gasteiger partial charge in [0.05, 0.1) is 18.9 Å². The first-order valence-corrected chi connectivity index (χ1v) is 11.0. The first kappa shape index (κ1) is 22.9. The molecule has 0 saturated heterocycles. The Morgan fingerprint density at radius 3 is 2.81 bits per heavy atom. The number of amides is 1. The van der Waals surface area contributed by atoms with Crippen molar-refractivity contribution in [3.05, 3.63) is 45.0 Å². The third kappa shape index (κ3) is 5.46. The fourth-order valence-electron chi connectivity index (χ4n) is 4.01. The average Bonchev–Trinajstić information content (AvgIpc) is 3.25. The van der Waals surface area contributed by atoms with Crippen molar-refractivity contribution in [3.8, 4) is 0 Å². The maximum Gasteiger partial charge on any atom is 0.330 e. The molecule has 9 heteroatoms.